The summed E-state index contributed by atoms with van der Waals surface area (Å²) in [6.07, 6.45) is 7.49. The summed E-state index contributed by atoms with van der Waals surface area (Å²) in [5.74, 6) is -0.132. The van der Waals surface area contributed by atoms with Crippen molar-refractivity contribution in [1.82, 2.24) is 25.1 Å². The molecule has 8 heteroatoms. The van der Waals surface area contributed by atoms with Crippen LogP contribution in [0.25, 0.3) is 55.7 Å². The zero-order valence-electron chi connectivity index (χ0n) is 21.0. The number of hydrogen-bond donors (Lipinski definition) is 3. The first-order valence-electron chi connectivity index (χ1n) is 13.1. The lowest BCUT2D eigenvalue weighted by molar-refractivity contribution is -0.119. The van der Waals surface area contributed by atoms with E-state index >= 15 is 0 Å². The normalized spacial score (nSPS) is 13.9. The van der Waals surface area contributed by atoms with Crippen LogP contribution in [0.3, 0.4) is 0 Å². The maximum Gasteiger partial charge on any atom is 0.227 e. The molecule has 1 fully saturated rings. The number of pyridine rings is 2. The quantitative estimate of drug-likeness (QED) is 0.227. The molecule has 1 saturated carbocycles. The monoisotopic (exact) mass is 516 g/mol. The van der Waals surface area contributed by atoms with E-state index in [-0.39, 0.29) is 17.6 Å². The molecule has 2 aromatic carbocycles. The highest BCUT2D eigenvalue weighted by atomic mass is 19.1. The number of hydrogen-bond acceptors (Lipinski definition) is 4. The van der Waals surface area contributed by atoms with E-state index in [1.807, 2.05) is 48.5 Å². The lowest BCUT2D eigenvalue weighted by Crippen LogP contribution is -2.20. The van der Waals surface area contributed by atoms with Crippen molar-refractivity contribution in [2.75, 3.05) is 5.32 Å². The molecule has 1 aliphatic rings. The van der Waals surface area contributed by atoms with Gasteiger partial charge in [-0.2, -0.15) is 5.10 Å². The zero-order chi connectivity index (χ0) is 26.3. The van der Waals surface area contributed by atoms with Crippen molar-refractivity contribution in [2.24, 2.45) is 5.92 Å². The lowest BCUT2D eigenvalue weighted by atomic mass is 10.0. The standard InChI is InChI=1S/C31H25FN6O/c32-24-10-4-3-8-22(24)21-9-5-11-26-23(21)15-28(35-26)30-29-27(37-38-30)13-12-25(36-29)19-14-20(17-33-16-19)34-31(39)18-6-1-2-7-18/h3-5,8-18,35H,1-2,6-7H2,(H,34,39)(H,37,38). The Balaban J connectivity index is 1.25. The number of benzene rings is 2. The molecule has 39 heavy (non-hydrogen) atoms. The second kappa shape index (κ2) is 9.47. The maximum absolute atomic E-state index is 14.6. The number of anilines is 1. The molecule has 1 amide bonds. The first kappa shape index (κ1) is 23.3. The van der Waals surface area contributed by atoms with Crippen LogP contribution in [0.1, 0.15) is 25.7 Å². The number of rotatable bonds is 5. The molecule has 4 heterocycles. The molecule has 0 bridgehead atoms. The van der Waals surface area contributed by atoms with Crippen LogP contribution in [0.15, 0.2) is 79.1 Å². The Morgan fingerprint density at radius 1 is 0.923 bits per heavy atom. The van der Waals surface area contributed by atoms with Crippen molar-refractivity contribution in [3.05, 3.63) is 84.9 Å². The van der Waals surface area contributed by atoms with E-state index in [1.165, 1.54) is 6.07 Å². The van der Waals surface area contributed by atoms with Crippen LogP contribution in [0, 0.1) is 11.7 Å². The topological polar surface area (TPSA) is 99.4 Å². The summed E-state index contributed by atoms with van der Waals surface area (Å²) in [5.41, 5.74) is 7.36. The summed E-state index contributed by atoms with van der Waals surface area (Å²) in [6, 6.07) is 20.3. The molecule has 0 saturated heterocycles. The third kappa shape index (κ3) is 4.24. The molecule has 7 nitrogen and oxygen atoms in total. The van der Waals surface area contributed by atoms with Gasteiger partial charge in [-0.1, -0.05) is 43.2 Å². The number of H-pyrrole nitrogens is 2. The molecule has 6 aromatic rings. The van der Waals surface area contributed by atoms with Gasteiger partial charge < -0.3 is 10.3 Å². The van der Waals surface area contributed by atoms with Gasteiger partial charge in [-0.3, -0.25) is 14.9 Å². The van der Waals surface area contributed by atoms with E-state index in [0.29, 0.717) is 22.5 Å². The molecule has 4 aromatic heterocycles. The van der Waals surface area contributed by atoms with E-state index < -0.39 is 0 Å². The number of fused-ring (bicyclic) bond motifs is 2. The molecule has 0 radical (unpaired) electrons. The van der Waals surface area contributed by atoms with Crippen LogP contribution in [-0.2, 0) is 4.79 Å². The number of nitrogens with zero attached hydrogens (tertiary/aromatic N) is 3. The van der Waals surface area contributed by atoms with Crippen molar-refractivity contribution in [3.63, 3.8) is 0 Å². The van der Waals surface area contributed by atoms with Crippen molar-refractivity contribution in [2.45, 2.75) is 25.7 Å². The molecule has 0 unspecified atom stereocenters. The minimum absolute atomic E-state index is 0.0561. The van der Waals surface area contributed by atoms with Crippen LogP contribution in [0.5, 0.6) is 0 Å². The number of aromatic nitrogens is 5. The van der Waals surface area contributed by atoms with Gasteiger partial charge in [0.05, 0.1) is 28.8 Å². The number of carbonyl (C=O) groups excluding carboxylic acids is 1. The molecule has 192 valence electrons. The minimum atomic E-state index is -0.264. The third-order valence-corrected chi connectivity index (χ3v) is 7.52. The largest absolute Gasteiger partial charge is 0.353 e. The zero-order valence-corrected chi connectivity index (χ0v) is 21.0. The van der Waals surface area contributed by atoms with Crippen molar-refractivity contribution in [3.8, 4) is 33.8 Å². The molecule has 0 spiro atoms. The first-order valence-corrected chi connectivity index (χ1v) is 13.1. The van der Waals surface area contributed by atoms with Gasteiger partial charge in [0.25, 0.3) is 0 Å². The van der Waals surface area contributed by atoms with Gasteiger partial charge in [-0.05, 0) is 54.8 Å². The Bertz CT molecular complexity index is 1850. The number of carbonyl (C=O) groups is 1. The highest BCUT2D eigenvalue weighted by Gasteiger charge is 2.23. The fourth-order valence-corrected chi connectivity index (χ4v) is 5.53. The van der Waals surface area contributed by atoms with E-state index in [1.54, 1.807) is 24.5 Å². The van der Waals surface area contributed by atoms with Gasteiger partial charge in [0.15, 0.2) is 0 Å². The van der Waals surface area contributed by atoms with Gasteiger partial charge in [0, 0.05) is 34.1 Å². The predicted molar refractivity (Wildman–Crippen MR) is 150 cm³/mol. The molecule has 7 rings (SSSR count). The second-order valence-corrected chi connectivity index (χ2v) is 10.0. The van der Waals surface area contributed by atoms with Crippen molar-refractivity contribution >= 4 is 33.5 Å². The van der Waals surface area contributed by atoms with Crippen LogP contribution >= 0.6 is 0 Å². The van der Waals surface area contributed by atoms with Crippen LogP contribution < -0.4 is 5.32 Å². The lowest BCUT2D eigenvalue weighted by Gasteiger charge is -2.11. The van der Waals surface area contributed by atoms with E-state index in [0.717, 1.165) is 64.6 Å². The van der Waals surface area contributed by atoms with Gasteiger partial charge >= 0.3 is 0 Å². The molecule has 0 atom stereocenters. The minimum Gasteiger partial charge on any atom is -0.353 e. The van der Waals surface area contributed by atoms with E-state index in [9.17, 15) is 9.18 Å². The molecule has 0 aliphatic heterocycles. The number of amides is 1. The summed E-state index contributed by atoms with van der Waals surface area (Å²) in [5, 5.41) is 11.5. The number of aromatic amines is 2. The molecule has 3 N–H and O–H groups in total. The van der Waals surface area contributed by atoms with Gasteiger partial charge in [-0.25, -0.2) is 9.37 Å². The maximum atomic E-state index is 14.6. The van der Waals surface area contributed by atoms with Crippen LogP contribution in [0.4, 0.5) is 10.1 Å². The van der Waals surface area contributed by atoms with Gasteiger partial charge in [-0.15, -0.1) is 0 Å². The molecular weight excluding hydrogens is 491 g/mol. The smallest absolute Gasteiger partial charge is 0.227 e. The Kier molecular flexibility index (Phi) is 5.65. The predicted octanol–water partition coefficient (Wildman–Crippen LogP) is 7.10. The Morgan fingerprint density at radius 2 is 1.77 bits per heavy atom. The van der Waals surface area contributed by atoms with Gasteiger partial charge in [0.1, 0.15) is 17.0 Å². The van der Waals surface area contributed by atoms with Crippen molar-refractivity contribution in [1.29, 1.82) is 0 Å². The Labute approximate surface area is 223 Å². The van der Waals surface area contributed by atoms with E-state index in [4.69, 9.17) is 4.98 Å². The SMILES string of the molecule is O=C(Nc1cncc(-c2ccc3[nH]nc(-c4cc5c(-c6ccccc6F)cccc5[nH]4)c3n2)c1)C1CCCC1. The molecule has 1 aliphatic carbocycles. The highest BCUT2D eigenvalue weighted by molar-refractivity contribution is 6.00. The fraction of sp³-hybridized carbons (Fsp3) is 0.161. The Hall–Kier alpha value is -4.85. The summed E-state index contributed by atoms with van der Waals surface area (Å²) >= 11 is 0. The number of halogens is 1. The summed E-state index contributed by atoms with van der Waals surface area (Å²) in [7, 11) is 0. The summed E-state index contributed by atoms with van der Waals surface area (Å²) < 4.78 is 14.6. The second-order valence-electron chi connectivity index (χ2n) is 10.0. The van der Waals surface area contributed by atoms with Crippen LogP contribution in [0.2, 0.25) is 0 Å². The highest BCUT2D eigenvalue weighted by Crippen LogP contribution is 2.35. The van der Waals surface area contributed by atoms with E-state index in [2.05, 4.69) is 25.5 Å². The Morgan fingerprint density at radius 3 is 2.64 bits per heavy atom. The summed E-state index contributed by atoms with van der Waals surface area (Å²) in [4.78, 5) is 25.3. The average molecular weight is 517 g/mol. The summed E-state index contributed by atoms with van der Waals surface area (Å²) in [6.45, 7) is 0. The number of nitrogens with one attached hydrogen (secondary N) is 3. The third-order valence-electron chi connectivity index (χ3n) is 7.52. The van der Waals surface area contributed by atoms with Crippen molar-refractivity contribution < 1.29 is 9.18 Å². The average Bonchev–Trinajstić information content (AvgIpc) is 3.73. The molecular formula is C31H25FN6O. The van der Waals surface area contributed by atoms with Gasteiger partial charge in [0.2, 0.25) is 5.91 Å². The first-order chi connectivity index (χ1) is 19.1. The fourth-order valence-electron chi connectivity index (χ4n) is 5.53. The van der Waals surface area contributed by atoms with Crippen LogP contribution in [-0.4, -0.2) is 31.1 Å².